The van der Waals surface area contributed by atoms with Gasteiger partial charge in [0.15, 0.2) is 6.20 Å². The molecule has 1 aliphatic rings. The van der Waals surface area contributed by atoms with Crippen LogP contribution in [0.3, 0.4) is 0 Å². The lowest BCUT2D eigenvalue weighted by molar-refractivity contribution is -0.688. The number of para-hydroxylation sites is 2. The van der Waals surface area contributed by atoms with Gasteiger partial charge < -0.3 is 4.57 Å². The van der Waals surface area contributed by atoms with Gasteiger partial charge in [-0.1, -0.05) is 133 Å². The number of hydrogen-bond acceptors (Lipinski definition) is 0. The summed E-state index contributed by atoms with van der Waals surface area (Å²) in [5.41, 5.74) is 16.1. The van der Waals surface area contributed by atoms with Gasteiger partial charge in [0, 0.05) is 39.7 Å². The van der Waals surface area contributed by atoms with E-state index < -0.39 is 0 Å². The summed E-state index contributed by atoms with van der Waals surface area (Å²) in [5, 5.41) is 2.54. The predicted molar refractivity (Wildman–Crippen MR) is 206 cm³/mol. The van der Waals surface area contributed by atoms with Gasteiger partial charge in [0.05, 0.1) is 16.6 Å². The van der Waals surface area contributed by atoms with Crippen LogP contribution in [0.1, 0.15) is 17.2 Å². The summed E-state index contributed by atoms with van der Waals surface area (Å²) in [6, 6.07) is 68.7. The summed E-state index contributed by atoms with van der Waals surface area (Å²) in [7, 11) is 0. The van der Waals surface area contributed by atoms with Crippen LogP contribution in [0.15, 0.2) is 194 Å². The Morgan fingerprint density at radius 3 is 1.64 bits per heavy atom. The predicted octanol–water partition coefficient (Wildman–Crippen LogP) is 11.7. The minimum Gasteiger partial charge on any atom is -0.309 e. The van der Waals surface area contributed by atoms with Crippen LogP contribution in [0.5, 0.6) is 0 Å². The van der Waals surface area contributed by atoms with Crippen LogP contribution >= 0.6 is 0 Å². The van der Waals surface area contributed by atoms with Crippen molar-refractivity contribution in [2.24, 2.45) is 0 Å². The van der Waals surface area contributed by atoms with Crippen LogP contribution in [0.25, 0.3) is 72.1 Å². The number of pyridine rings is 1. The number of nitrogens with zero attached hydrogens (tertiary/aromatic N) is 2. The molecule has 50 heavy (non-hydrogen) atoms. The lowest BCUT2D eigenvalue weighted by atomic mass is 9.88. The van der Waals surface area contributed by atoms with Crippen molar-refractivity contribution >= 4 is 21.8 Å². The van der Waals surface area contributed by atoms with E-state index in [1.807, 2.05) is 0 Å². The summed E-state index contributed by atoms with van der Waals surface area (Å²) in [5.74, 6) is 0. The molecule has 0 bridgehead atoms. The zero-order valence-electron chi connectivity index (χ0n) is 27.4. The van der Waals surface area contributed by atoms with E-state index in [9.17, 15) is 0 Å². The van der Waals surface area contributed by atoms with Crippen molar-refractivity contribution in [3.05, 3.63) is 205 Å². The average molecular weight is 638 g/mol. The molecule has 2 heteroatoms. The van der Waals surface area contributed by atoms with Crippen molar-refractivity contribution < 1.29 is 4.57 Å². The average Bonchev–Trinajstić information content (AvgIpc) is 3.71. The highest BCUT2D eigenvalue weighted by molar-refractivity contribution is 6.09. The van der Waals surface area contributed by atoms with Crippen LogP contribution in [-0.2, 0) is 0 Å². The van der Waals surface area contributed by atoms with Gasteiger partial charge in [0.1, 0.15) is 0 Å². The third-order valence-corrected chi connectivity index (χ3v) is 10.4. The number of fused-ring (bicyclic) bond motifs is 6. The molecule has 2 aromatic heterocycles. The standard InChI is InChI=1S/C48H33N2/c1-3-21-39(37(19-1)33-15-13-17-35(31-33)48-44-26-6-5-25-43(44)45-27-11-12-30-49(45)48)40-22-4-2-20-38(40)34-16-14-18-36(32-34)50-46-28-9-7-23-41(46)42-24-8-10-29-47(42)50/h1-32,48H/q+1. The normalized spacial score (nSPS) is 13.4. The van der Waals surface area contributed by atoms with Crippen LogP contribution in [0.2, 0.25) is 0 Å². The Hall–Kier alpha value is -6.51. The molecular formula is C48H33N2+. The van der Waals surface area contributed by atoms with Gasteiger partial charge in [-0.3, -0.25) is 0 Å². The molecule has 0 saturated carbocycles. The summed E-state index contributed by atoms with van der Waals surface area (Å²) in [6.45, 7) is 0. The molecule has 1 unspecified atom stereocenters. The fraction of sp³-hybridized carbons (Fsp3) is 0.0208. The zero-order chi connectivity index (χ0) is 33.0. The monoisotopic (exact) mass is 637 g/mol. The smallest absolute Gasteiger partial charge is 0.213 e. The molecule has 2 nitrogen and oxygen atoms in total. The topological polar surface area (TPSA) is 8.81 Å². The molecule has 0 N–H and O–H groups in total. The molecule has 0 fully saturated rings. The van der Waals surface area contributed by atoms with E-state index in [-0.39, 0.29) is 6.04 Å². The zero-order valence-corrected chi connectivity index (χ0v) is 27.4. The van der Waals surface area contributed by atoms with Gasteiger partial charge in [-0.15, -0.1) is 0 Å². The summed E-state index contributed by atoms with van der Waals surface area (Å²) in [4.78, 5) is 0. The first-order chi connectivity index (χ1) is 24.8. The maximum absolute atomic E-state index is 2.41. The summed E-state index contributed by atoms with van der Waals surface area (Å²) in [6.07, 6.45) is 2.21. The van der Waals surface area contributed by atoms with E-state index >= 15 is 0 Å². The molecule has 0 spiro atoms. The lowest BCUT2D eigenvalue weighted by Crippen LogP contribution is -2.38. The molecule has 10 rings (SSSR count). The van der Waals surface area contributed by atoms with E-state index in [4.69, 9.17) is 0 Å². The Labute approximate surface area is 291 Å². The van der Waals surface area contributed by atoms with Gasteiger partial charge in [-0.2, -0.15) is 4.57 Å². The fourth-order valence-corrected chi connectivity index (χ4v) is 8.20. The third kappa shape index (κ3) is 4.46. The first-order valence-electron chi connectivity index (χ1n) is 17.3. The number of hydrogen-bond donors (Lipinski definition) is 0. The van der Waals surface area contributed by atoms with Crippen LogP contribution in [0, 0.1) is 0 Å². The van der Waals surface area contributed by atoms with Crippen LogP contribution in [0.4, 0.5) is 0 Å². The molecule has 234 valence electrons. The molecule has 0 saturated heterocycles. The van der Waals surface area contributed by atoms with E-state index in [0.717, 1.165) is 5.69 Å². The van der Waals surface area contributed by atoms with Crippen molar-refractivity contribution in [3.63, 3.8) is 0 Å². The quantitative estimate of drug-likeness (QED) is 0.166. The first kappa shape index (κ1) is 28.5. The molecule has 0 aliphatic carbocycles. The van der Waals surface area contributed by atoms with Crippen molar-refractivity contribution in [3.8, 4) is 50.3 Å². The van der Waals surface area contributed by atoms with Crippen molar-refractivity contribution in [2.75, 3.05) is 0 Å². The summed E-state index contributed by atoms with van der Waals surface area (Å²) < 4.78 is 4.81. The SMILES string of the molecule is c1cc(-c2ccccc2-c2ccccc2-c2cccc(-n3c4ccccc4c4ccccc43)c2)cc(C2c3ccccc3-c3cccc[n+]32)c1. The van der Waals surface area contributed by atoms with E-state index in [1.54, 1.807) is 0 Å². The Balaban J connectivity index is 1.10. The molecule has 1 aliphatic heterocycles. The largest absolute Gasteiger partial charge is 0.309 e. The van der Waals surface area contributed by atoms with Gasteiger partial charge in [0.2, 0.25) is 11.7 Å². The highest BCUT2D eigenvalue weighted by Crippen LogP contribution is 2.42. The maximum atomic E-state index is 2.41. The second-order valence-electron chi connectivity index (χ2n) is 13.1. The highest BCUT2D eigenvalue weighted by Gasteiger charge is 2.37. The molecule has 9 aromatic rings. The Morgan fingerprint density at radius 2 is 0.940 bits per heavy atom. The number of aromatic nitrogens is 2. The molecule has 7 aromatic carbocycles. The van der Waals surface area contributed by atoms with Gasteiger partial charge >= 0.3 is 0 Å². The van der Waals surface area contributed by atoms with Crippen LogP contribution < -0.4 is 4.57 Å². The fourth-order valence-electron chi connectivity index (χ4n) is 8.20. The van der Waals surface area contributed by atoms with Gasteiger partial charge in [-0.05, 0) is 75.8 Å². The van der Waals surface area contributed by atoms with Gasteiger partial charge in [-0.25, -0.2) is 0 Å². The number of benzene rings is 7. The second-order valence-corrected chi connectivity index (χ2v) is 13.1. The molecular weight excluding hydrogens is 605 g/mol. The van der Waals surface area contributed by atoms with Crippen molar-refractivity contribution in [1.29, 1.82) is 0 Å². The maximum Gasteiger partial charge on any atom is 0.213 e. The third-order valence-electron chi connectivity index (χ3n) is 10.4. The Kier molecular flexibility index (Phi) is 6.60. The molecule has 3 heterocycles. The van der Waals surface area contributed by atoms with E-state index in [0.29, 0.717) is 0 Å². The minimum absolute atomic E-state index is 0.130. The Morgan fingerprint density at radius 1 is 0.400 bits per heavy atom. The highest BCUT2D eigenvalue weighted by atomic mass is 15.0. The summed E-state index contributed by atoms with van der Waals surface area (Å²) >= 11 is 0. The first-order valence-corrected chi connectivity index (χ1v) is 17.3. The molecule has 1 atom stereocenters. The molecule has 0 radical (unpaired) electrons. The minimum atomic E-state index is 0.130. The van der Waals surface area contributed by atoms with Crippen molar-refractivity contribution in [1.82, 2.24) is 4.57 Å². The van der Waals surface area contributed by atoms with Crippen LogP contribution in [-0.4, -0.2) is 4.57 Å². The Bertz CT molecular complexity index is 2630. The lowest BCUT2D eigenvalue weighted by Gasteiger charge is -2.17. The van der Waals surface area contributed by atoms with E-state index in [2.05, 4.69) is 203 Å². The molecule has 0 amide bonds. The second kappa shape index (κ2) is 11.6. The van der Waals surface area contributed by atoms with E-state index in [1.165, 1.54) is 77.6 Å². The van der Waals surface area contributed by atoms with Gasteiger partial charge in [0.25, 0.3) is 0 Å². The number of rotatable bonds is 5. The van der Waals surface area contributed by atoms with Crippen molar-refractivity contribution in [2.45, 2.75) is 6.04 Å².